The second-order valence-electron chi connectivity index (χ2n) is 8.09. The quantitative estimate of drug-likeness (QED) is 0.705. The molecular weight excluding hydrogens is 390 g/mol. The summed E-state index contributed by atoms with van der Waals surface area (Å²) in [6, 6.07) is 5.91. The number of nitrogens with zero attached hydrogens (tertiary/aromatic N) is 2. The molecule has 3 aliphatic rings. The van der Waals surface area contributed by atoms with Crippen LogP contribution in [0.4, 0.5) is 17.2 Å². The van der Waals surface area contributed by atoms with E-state index in [9.17, 15) is 9.59 Å². The monoisotopic (exact) mass is 411 g/mol. The molecule has 0 unspecified atom stereocenters. The van der Waals surface area contributed by atoms with Crippen molar-refractivity contribution in [3.05, 3.63) is 35.0 Å². The second kappa shape index (κ2) is 6.62. The fourth-order valence-electron chi connectivity index (χ4n) is 4.75. The molecule has 1 aromatic carbocycles. The van der Waals surface area contributed by atoms with E-state index in [4.69, 9.17) is 17.3 Å². The van der Waals surface area contributed by atoms with Crippen molar-refractivity contribution in [3.63, 3.8) is 0 Å². The number of rotatable bonds is 2. The summed E-state index contributed by atoms with van der Waals surface area (Å²) >= 11 is 6.62. The lowest BCUT2D eigenvalue weighted by Gasteiger charge is -2.39. The molecule has 0 aliphatic carbocycles. The Bertz CT molecular complexity index is 1030. The third-order valence-electron chi connectivity index (χ3n) is 6.47. The molecule has 3 aliphatic heterocycles. The van der Waals surface area contributed by atoms with Gasteiger partial charge in [-0.15, -0.1) is 0 Å². The number of halogens is 1. The van der Waals surface area contributed by atoms with Crippen LogP contribution in [0.15, 0.2) is 24.4 Å². The van der Waals surface area contributed by atoms with Crippen LogP contribution in [-0.2, 0) is 16.0 Å². The van der Waals surface area contributed by atoms with Crippen LogP contribution in [0.3, 0.4) is 0 Å². The normalized spacial score (nSPS) is 20.0. The van der Waals surface area contributed by atoms with Crippen molar-refractivity contribution >= 4 is 40.6 Å². The Hall–Kier alpha value is -2.80. The average Bonchev–Trinajstić information content (AvgIpc) is 3.26. The highest BCUT2D eigenvalue weighted by atomic mass is 35.5. The van der Waals surface area contributed by atoms with E-state index in [1.165, 1.54) is 0 Å². The van der Waals surface area contributed by atoms with E-state index < -0.39 is 0 Å². The summed E-state index contributed by atoms with van der Waals surface area (Å²) in [6.07, 6.45) is 4.61. The van der Waals surface area contributed by atoms with Gasteiger partial charge in [-0.2, -0.15) is 0 Å². The van der Waals surface area contributed by atoms with Gasteiger partial charge in [0.05, 0.1) is 17.5 Å². The zero-order valence-corrected chi connectivity index (χ0v) is 16.7. The smallest absolute Gasteiger partial charge is 0.228 e. The fraction of sp³-hybridized carbons (Fsp3) is 0.381. The Morgan fingerprint density at radius 1 is 1.17 bits per heavy atom. The molecule has 2 fully saturated rings. The summed E-state index contributed by atoms with van der Waals surface area (Å²) in [5.41, 5.74) is 10.2. The summed E-state index contributed by atoms with van der Waals surface area (Å²) in [5.74, 6) is 0.466. The van der Waals surface area contributed by atoms with Crippen LogP contribution in [0.5, 0.6) is 0 Å². The van der Waals surface area contributed by atoms with Crippen molar-refractivity contribution in [1.82, 2.24) is 10.3 Å². The number of hydrogen-bond acceptors (Lipinski definition) is 5. The molecule has 0 saturated carbocycles. The third-order valence-corrected chi connectivity index (χ3v) is 6.85. The van der Waals surface area contributed by atoms with Gasteiger partial charge in [0.15, 0.2) is 0 Å². The number of amides is 2. The summed E-state index contributed by atoms with van der Waals surface area (Å²) in [6.45, 7) is 2.21. The molecule has 1 spiro atoms. The minimum Gasteiger partial charge on any atom is -0.382 e. The van der Waals surface area contributed by atoms with Crippen LogP contribution in [0.2, 0.25) is 5.02 Å². The number of piperidine rings is 1. The molecule has 4 N–H and O–H groups in total. The third kappa shape index (κ3) is 2.92. The van der Waals surface area contributed by atoms with Gasteiger partial charge in [0, 0.05) is 37.1 Å². The maximum atomic E-state index is 12.3. The largest absolute Gasteiger partial charge is 0.382 e. The molecule has 0 bridgehead atoms. The molecule has 5 rings (SSSR count). The minimum absolute atomic E-state index is 0.00186. The first-order chi connectivity index (χ1) is 14.0. The lowest BCUT2D eigenvalue weighted by Crippen LogP contribution is -2.44. The number of anilines is 3. The molecule has 1 aromatic heterocycles. The van der Waals surface area contributed by atoms with Crippen molar-refractivity contribution in [2.75, 3.05) is 35.6 Å². The molecule has 7 nitrogen and oxygen atoms in total. The first-order valence-electron chi connectivity index (χ1n) is 9.87. The topological polar surface area (TPSA) is 100 Å². The molecule has 8 heteroatoms. The number of carbonyl (C=O) groups excluding carboxylic acids is 2. The van der Waals surface area contributed by atoms with E-state index in [0.717, 1.165) is 67.0 Å². The van der Waals surface area contributed by atoms with Crippen LogP contribution in [0, 0.1) is 5.41 Å². The van der Waals surface area contributed by atoms with E-state index >= 15 is 0 Å². The van der Waals surface area contributed by atoms with Gasteiger partial charge in [0.1, 0.15) is 10.8 Å². The Morgan fingerprint density at radius 3 is 2.69 bits per heavy atom. The number of pyridine rings is 1. The van der Waals surface area contributed by atoms with Gasteiger partial charge in [-0.25, -0.2) is 4.98 Å². The molecule has 2 amide bonds. The number of benzene rings is 1. The molecule has 4 heterocycles. The predicted molar refractivity (Wildman–Crippen MR) is 113 cm³/mol. The Morgan fingerprint density at radius 2 is 1.97 bits per heavy atom. The molecule has 29 heavy (non-hydrogen) atoms. The summed E-state index contributed by atoms with van der Waals surface area (Å²) in [5, 5.41) is 6.30. The van der Waals surface area contributed by atoms with E-state index in [1.54, 1.807) is 6.20 Å². The highest BCUT2D eigenvalue weighted by molar-refractivity contribution is 6.36. The zero-order chi connectivity index (χ0) is 20.2. The zero-order valence-electron chi connectivity index (χ0n) is 15.9. The van der Waals surface area contributed by atoms with Crippen LogP contribution in [0.25, 0.3) is 11.1 Å². The van der Waals surface area contributed by atoms with Gasteiger partial charge in [0.25, 0.3) is 0 Å². The van der Waals surface area contributed by atoms with E-state index in [-0.39, 0.29) is 17.2 Å². The fourth-order valence-corrected chi connectivity index (χ4v) is 5.02. The maximum absolute atomic E-state index is 12.3. The van der Waals surface area contributed by atoms with Gasteiger partial charge in [0.2, 0.25) is 11.8 Å². The van der Waals surface area contributed by atoms with Crippen molar-refractivity contribution in [1.29, 1.82) is 0 Å². The van der Waals surface area contributed by atoms with Crippen molar-refractivity contribution in [3.8, 4) is 11.1 Å². The number of nitrogens with one attached hydrogen (secondary N) is 2. The standard InChI is InChI=1S/C21H22ClN5O2/c22-17-18(27-7-4-21(5-8-27)3-6-24-20(21)29)14(11-25-19(17)23)12-1-2-13-10-16(28)26-15(13)9-12/h1-2,9,11H,3-8,10H2,(H2,23,25)(H,24,29)(H,26,28). The summed E-state index contributed by atoms with van der Waals surface area (Å²) in [4.78, 5) is 30.5. The average molecular weight is 412 g/mol. The van der Waals surface area contributed by atoms with Gasteiger partial charge >= 0.3 is 0 Å². The number of aromatic nitrogens is 1. The van der Waals surface area contributed by atoms with Crippen LogP contribution < -0.4 is 21.3 Å². The molecule has 2 aromatic rings. The SMILES string of the molecule is Nc1ncc(-c2ccc3c(c2)NC(=O)C3)c(N2CCC3(CCNC3=O)CC2)c1Cl. The minimum atomic E-state index is -0.250. The first-order valence-corrected chi connectivity index (χ1v) is 10.2. The number of carbonyl (C=O) groups is 2. The number of fused-ring (bicyclic) bond motifs is 1. The lowest BCUT2D eigenvalue weighted by molar-refractivity contribution is -0.128. The summed E-state index contributed by atoms with van der Waals surface area (Å²) < 4.78 is 0. The van der Waals surface area contributed by atoms with Crippen LogP contribution >= 0.6 is 11.6 Å². The molecule has 0 atom stereocenters. The van der Waals surface area contributed by atoms with E-state index in [0.29, 0.717) is 17.3 Å². The molecule has 0 radical (unpaired) electrons. The number of nitrogens with two attached hydrogens (primary N) is 1. The highest BCUT2D eigenvalue weighted by Gasteiger charge is 2.44. The lowest BCUT2D eigenvalue weighted by atomic mass is 9.77. The predicted octanol–water partition coefficient (Wildman–Crippen LogP) is 2.59. The first kappa shape index (κ1) is 18.2. The van der Waals surface area contributed by atoms with Gasteiger partial charge < -0.3 is 21.3 Å². The Labute approximate surface area is 173 Å². The van der Waals surface area contributed by atoms with Gasteiger partial charge in [-0.05, 0) is 36.5 Å². The Kier molecular flexibility index (Phi) is 4.17. The maximum Gasteiger partial charge on any atom is 0.228 e. The highest BCUT2D eigenvalue weighted by Crippen LogP contribution is 2.45. The number of nitrogen functional groups attached to an aromatic ring is 1. The van der Waals surface area contributed by atoms with Gasteiger partial charge in [-0.3, -0.25) is 9.59 Å². The number of hydrogen-bond donors (Lipinski definition) is 3. The van der Waals surface area contributed by atoms with Crippen molar-refractivity contribution in [2.24, 2.45) is 5.41 Å². The van der Waals surface area contributed by atoms with Crippen molar-refractivity contribution < 1.29 is 9.59 Å². The second-order valence-corrected chi connectivity index (χ2v) is 8.47. The molecular formula is C21H22ClN5O2. The van der Waals surface area contributed by atoms with E-state index in [1.807, 2.05) is 18.2 Å². The Balaban J connectivity index is 1.51. The van der Waals surface area contributed by atoms with Crippen LogP contribution in [-0.4, -0.2) is 36.4 Å². The molecule has 2 saturated heterocycles. The van der Waals surface area contributed by atoms with Gasteiger partial charge in [-0.1, -0.05) is 23.7 Å². The van der Waals surface area contributed by atoms with E-state index in [2.05, 4.69) is 20.5 Å². The van der Waals surface area contributed by atoms with Crippen molar-refractivity contribution in [2.45, 2.75) is 25.7 Å². The molecule has 150 valence electrons. The van der Waals surface area contributed by atoms with Crippen LogP contribution in [0.1, 0.15) is 24.8 Å². The summed E-state index contributed by atoms with van der Waals surface area (Å²) in [7, 11) is 0.